The number of alkyl halides is 3. The van der Waals surface area contributed by atoms with E-state index in [1.54, 1.807) is 0 Å². The van der Waals surface area contributed by atoms with Gasteiger partial charge in [-0.1, -0.05) is 23.7 Å². The van der Waals surface area contributed by atoms with Gasteiger partial charge in [0.15, 0.2) is 4.21 Å². The van der Waals surface area contributed by atoms with Crippen molar-refractivity contribution in [1.82, 2.24) is 4.72 Å². The van der Waals surface area contributed by atoms with Crippen LogP contribution in [0.5, 0.6) is 5.75 Å². The van der Waals surface area contributed by atoms with E-state index in [9.17, 15) is 31.2 Å². The lowest BCUT2D eigenvalue weighted by Gasteiger charge is -2.17. The predicted molar refractivity (Wildman–Crippen MR) is 130 cm³/mol. The van der Waals surface area contributed by atoms with Crippen LogP contribution < -0.4 is 20.9 Å². The number of hydrogen-bond donors (Lipinski definition) is 3. The molecule has 0 bridgehead atoms. The Hall–Kier alpha value is -2.60. The molecule has 0 unspecified atom stereocenters. The number of esters is 2. The summed E-state index contributed by atoms with van der Waals surface area (Å²) in [7, 11) is -4.46. The number of ether oxygens (including phenoxy) is 2. The molecule has 5 N–H and O–H groups in total. The monoisotopic (exact) mass is 650 g/mol. The number of nitrogens with two attached hydrogens (primary N) is 2. The molecule has 18 heteroatoms. The number of rotatable bonds is 12. The van der Waals surface area contributed by atoms with Crippen molar-refractivity contribution in [3.63, 3.8) is 0 Å². The van der Waals surface area contributed by atoms with Crippen LogP contribution in [-0.2, 0) is 35.6 Å². The Labute approximate surface area is 226 Å². The number of sulfonamides is 1. The number of nitrogens with one attached hydrogen (secondary N) is 1. The van der Waals surface area contributed by atoms with Crippen LogP contribution in [0.15, 0.2) is 44.2 Å². The number of oxime groups is 1. The number of benzene rings is 1. The molecule has 0 fully saturated rings. The van der Waals surface area contributed by atoms with Crippen LogP contribution in [-0.4, -0.2) is 51.7 Å². The fourth-order valence-electron chi connectivity index (χ4n) is 2.53. The third-order valence-electron chi connectivity index (χ3n) is 4.06. The Morgan fingerprint density at radius 1 is 1.19 bits per heavy atom. The maximum absolute atomic E-state index is 12.8. The summed E-state index contributed by atoms with van der Waals surface area (Å²) in [5, 5.41) is 3.34. The Kier molecular flexibility index (Phi) is 11.0. The predicted octanol–water partition coefficient (Wildman–Crippen LogP) is 2.66. The Morgan fingerprint density at radius 3 is 2.38 bits per heavy atom. The number of guanidine groups is 1. The molecule has 204 valence electrons. The number of carbonyl (C=O) groups excluding carboxylic acids is 2. The van der Waals surface area contributed by atoms with Gasteiger partial charge in [0.1, 0.15) is 18.4 Å². The van der Waals surface area contributed by atoms with E-state index in [0.29, 0.717) is 29.1 Å². The van der Waals surface area contributed by atoms with Gasteiger partial charge in [-0.25, -0.2) is 18.0 Å². The lowest BCUT2D eigenvalue weighted by molar-refractivity contribution is -0.202. The van der Waals surface area contributed by atoms with Gasteiger partial charge < -0.3 is 25.8 Å². The van der Waals surface area contributed by atoms with Gasteiger partial charge in [-0.05, 0) is 51.3 Å². The maximum Gasteiger partial charge on any atom is 0.491 e. The van der Waals surface area contributed by atoms with Gasteiger partial charge in [-0.2, -0.15) is 17.9 Å². The summed E-state index contributed by atoms with van der Waals surface area (Å²) in [4.78, 5) is 28.3. The fraction of sp³-hybridized carbons (Fsp3) is 0.316. The summed E-state index contributed by atoms with van der Waals surface area (Å²) in [6, 6.07) is 5.27. The lowest BCUT2D eigenvalue weighted by atomic mass is 10.1. The largest absolute Gasteiger partial charge is 0.493 e. The third kappa shape index (κ3) is 9.99. The lowest BCUT2D eigenvalue weighted by Crippen LogP contribution is -2.45. The Balaban J connectivity index is 2.13. The van der Waals surface area contributed by atoms with E-state index >= 15 is 0 Å². The molecule has 1 aromatic carbocycles. The van der Waals surface area contributed by atoms with Crippen molar-refractivity contribution in [1.29, 1.82) is 0 Å². The number of nitrogens with zero attached hydrogens (tertiary/aromatic N) is 1. The molecule has 0 aliphatic heterocycles. The van der Waals surface area contributed by atoms with Crippen molar-refractivity contribution in [3.05, 3.63) is 44.7 Å². The third-order valence-corrected chi connectivity index (χ3v) is 8.48. The molecule has 0 spiro atoms. The highest BCUT2D eigenvalue weighted by molar-refractivity contribution is 9.10. The molecule has 2 rings (SSSR count). The van der Waals surface area contributed by atoms with Gasteiger partial charge in [0, 0.05) is 6.42 Å². The van der Waals surface area contributed by atoms with Crippen molar-refractivity contribution in [3.8, 4) is 5.75 Å². The van der Waals surface area contributed by atoms with E-state index in [-0.39, 0.29) is 32.2 Å². The average Bonchev–Trinajstić information content (AvgIpc) is 3.14. The zero-order valence-electron chi connectivity index (χ0n) is 18.5. The van der Waals surface area contributed by atoms with Gasteiger partial charge in [0.2, 0.25) is 5.96 Å². The van der Waals surface area contributed by atoms with E-state index in [2.05, 4.69) is 25.8 Å². The zero-order chi connectivity index (χ0) is 27.8. The van der Waals surface area contributed by atoms with E-state index in [4.69, 9.17) is 32.6 Å². The van der Waals surface area contributed by atoms with Crippen molar-refractivity contribution in [2.45, 2.75) is 29.3 Å². The molecule has 2 aromatic rings. The van der Waals surface area contributed by atoms with Crippen LogP contribution in [0.4, 0.5) is 13.2 Å². The first-order chi connectivity index (χ1) is 17.2. The summed E-state index contributed by atoms with van der Waals surface area (Å²) in [6.45, 7) is 0.411. The molecule has 0 aliphatic carbocycles. The van der Waals surface area contributed by atoms with Crippen LogP contribution in [0.3, 0.4) is 0 Å². The highest BCUT2D eigenvalue weighted by atomic mass is 79.9. The van der Waals surface area contributed by atoms with Gasteiger partial charge >= 0.3 is 18.1 Å². The van der Waals surface area contributed by atoms with E-state index in [1.165, 1.54) is 30.3 Å². The maximum atomic E-state index is 12.8. The standard InChI is InChI=1S/C19H19BrClF3N4O7S2/c20-12-9-14(21)36-16(12)37(31,32)28-13(15(29)35-17(30)19(22,23)24)8-10-2-4-11(5-3-10)33-6-1-7-34-27-18(25)26/h2-5,9,13,28H,1,6-8H2,(H4,25,26,27)/t13-/m0/s1. The second-order valence-electron chi connectivity index (χ2n) is 6.97. The van der Waals surface area contributed by atoms with Crippen molar-refractivity contribution >= 4 is 66.8 Å². The van der Waals surface area contributed by atoms with Crippen LogP contribution in [0, 0.1) is 0 Å². The molecule has 37 heavy (non-hydrogen) atoms. The number of halogens is 5. The number of hydrogen-bond acceptors (Lipinski definition) is 9. The number of thiophene rings is 1. The topological polar surface area (TPSA) is 172 Å². The molecule has 1 atom stereocenters. The van der Waals surface area contributed by atoms with Gasteiger partial charge in [0.25, 0.3) is 10.0 Å². The minimum Gasteiger partial charge on any atom is -0.493 e. The van der Waals surface area contributed by atoms with Crippen LogP contribution in [0.2, 0.25) is 4.34 Å². The molecular weight excluding hydrogens is 633 g/mol. The van der Waals surface area contributed by atoms with Gasteiger partial charge in [-0.15, -0.1) is 11.3 Å². The van der Waals surface area contributed by atoms with Gasteiger partial charge in [-0.3, -0.25) is 0 Å². The van der Waals surface area contributed by atoms with E-state index in [0.717, 1.165) is 0 Å². The molecular formula is C19H19BrClF3N4O7S2. The summed E-state index contributed by atoms with van der Waals surface area (Å²) in [6.07, 6.45) is -5.48. The summed E-state index contributed by atoms with van der Waals surface area (Å²) >= 11 is 9.46. The normalized spacial score (nSPS) is 12.5. The minimum absolute atomic E-state index is 0.0682. The second kappa shape index (κ2) is 13.3. The van der Waals surface area contributed by atoms with E-state index < -0.39 is 40.6 Å². The fourth-order valence-corrected chi connectivity index (χ4v) is 6.75. The minimum atomic E-state index is -5.46. The molecule has 1 heterocycles. The first-order valence-corrected chi connectivity index (χ1v) is 13.4. The van der Waals surface area contributed by atoms with Gasteiger partial charge in [0.05, 0.1) is 15.4 Å². The molecule has 1 aromatic heterocycles. The van der Waals surface area contributed by atoms with Crippen LogP contribution >= 0.6 is 38.9 Å². The molecule has 11 nitrogen and oxygen atoms in total. The first kappa shape index (κ1) is 30.6. The second-order valence-corrected chi connectivity index (χ2v) is 11.4. The van der Waals surface area contributed by atoms with Crippen molar-refractivity contribution < 1.29 is 45.5 Å². The number of carbonyl (C=O) groups is 2. The highest BCUT2D eigenvalue weighted by Crippen LogP contribution is 2.34. The molecule has 0 saturated carbocycles. The molecule has 0 radical (unpaired) electrons. The highest BCUT2D eigenvalue weighted by Gasteiger charge is 2.44. The quantitative estimate of drug-likeness (QED) is 0.0779. The van der Waals surface area contributed by atoms with Crippen LogP contribution in [0.25, 0.3) is 0 Å². The van der Waals surface area contributed by atoms with E-state index in [1.807, 2.05) is 4.72 Å². The first-order valence-electron chi connectivity index (χ1n) is 9.91. The molecule has 0 amide bonds. The van der Waals surface area contributed by atoms with Crippen molar-refractivity contribution in [2.75, 3.05) is 13.2 Å². The average molecular weight is 652 g/mol. The Morgan fingerprint density at radius 2 is 1.84 bits per heavy atom. The Bertz CT molecular complexity index is 1240. The summed E-state index contributed by atoms with van der Waals surface area (Å²) in [5.74, 6) is -4.36. The molecule has 0 aliphatic rings. The van der Waals surface area contributed by atoms with Crippen LogP contribution in [0.1, 0.15) is 12.0 Å². The smallest absolute Gasteiger partial charge is 0.491 e. The summed E-state index contributed by atoms with van der Waals surface area (Å²) < 4.78 is 74.5. The molecule has 0 saturated heterocycles. The van der Waals surface area contributed by atoms with Crippen molar-refractivity contribution in [2.24, 2.45) is 16.6 Å². The SMILES string of the molecule is NC(N)=NOCCCOc1ccc(C[C@H](NS(=O)(=O)c2sc(Cl)cc2Br)C(=O)OC(=O)C(F)(F)F)cc1. The summed E-state index contributed by atoms with van der Waals surface area (Å²) in [5.41, 5.74) is 10.5. The zero-order valence-corrected chi connectivity index (χ0v) is 22.4.